The molecule has 8 N–H and O–H groups in total. The zero-order chi connectivity index (χ0) is 60.5. The number of aliphatic hydroxyl groups excluding tert-OH is 4. The first-order valence-electron chi connectivity index (χ1n) is 30.1. The average molecular weight is 1150 g/mol. The summed E-state index contributed by atoms with van der Waals surface area (Å²) in [4.78, 5) is 45.6. The van der Waals surface area contributed by atoms with E-state index < -0.39 is 148 Å². The number of amides is 1. The Morgan fingerprint density at radius 3 is 2.17 bits per heavy atom. The summed E-state index contributed by atoms with van der Waals surface area (Å²) in [5.74, 6) is -5.61. The third kappa shape index (κ3) is 11.9. The summed E-state index contributed by atoms with van der Waals surface area (Å²) in [7, 11) is 5.45. The topological polar surface area (TPSA) is 267 Å². The maximum Gasteiger partial charge on any atom is 0.311 e. The van der Waals surface area contributed by atoms with Gasteiger partial charge in [0, 0.05) is 80.3 Å². The number of esters is 1. The van der Waals surface area contributed by atoms with Crippen LogP contribution in [0.1, 0.15) is 148 Å². The van der Waals surface area contributed by atoms with Crippen molar-refractivity contribution in [3.05, 3.63) is 23.8 Å². The van der Waals surface area contributed by atoms with E-state index in [0.29, 0.717) is 24.8 Å². The molecule has 7 rings (SSSR count). The van der Waals surface area contributed by atoms with Crippen molar-refractivity contribution in [2.75, 3.05) is 40.8 Å². The Bertz CT molecular complexity index is 2310. The number of nitrogens with zero attached hydrogens (tertiary/aromatic N) is 2. The molecule has 0 bridgehead atoms. The van der Waals surface area contributed by atoms with E-state index in [1.807, 2.05) is 27.9 Å². The zero-order valence-electron chi connectivity index (χ0n) is 51.3. The highest BCUT2D eigenvalue weighted by atomic mass is 19.1. The monoisotopic (exact) mass is 1150 g/mol. The van der Waals surface area contributed by atoms with Crippen LogP contribution in [0.4, 0.5) is 4.39 Å². The maximum absolute atomic E-state index is 17.9. The van der Waals surface area contributed by atoms with Gasteiger partial charge < -0.3 is 74.4 Å². The molecule has 19 nitrogen and oxygen atoms in total. The van der Waals surface area contributed by atoms with Crippen LogP contribution in [0.5, 0.6) is 0 Å². The summed E-state index contributed by atoms with van der Waals surface area (Å²) >= 11 is 0. The van der Waals surface area contributed by atoms with Gasteiger partial charge >= 0.3 is 5.97 Å². The molecule has 81 heavy (non-hydrogen) atoms. The third-order valence-electron chi connectivity index (χ3n) is 21.6. The Morgan fingerprint density at radius 1 is 0.877 bits per heavy atom. The number of carbonyl (C=O) groups excluding carboxylic acids is 3. The van der Waals surface area contributed by atoms with Crippen LogP contribution in [-0.2, 0) is 42.8 Å². The van der Waals surface area contributed by atoms with Crippen LogP contribution in [0, 0.1) is 46.3 Å². The van der Waals surface area contributed by atoms with Crippen LogP contribution >= 0.6 is 0 Å². The summed E-state index contributed by atoms with van der Waals surface area (Å²) in [6.45, 7) is 22.4. The Hall–Kier alpha value is -2.54. The van der Waals surface area contributed by atoms with Gasteiger partial charge in [-0.1, -0.05) is 46.3 Å². The number of methoxy groups -OCH3 is 1. The van der Waals surface area contributed by atoms with E-state index in [-0.39, 0.29) is 75.6 Å². The van der Waals surface area contributed by atoms with Crippen molar-refractivity contribution in [2.45, 2.75) is 255 Å². The maximum atomic E-state index is 17.9. The van der Waals surface area contributed by atoms with Gasteiger partial charge in [0.05, 0.1) is 53.7 Å². The minimum absolute atomic E-state index is 0.0129. The smallest absolute Gasteiger partial charge is 0.311 e. The number of hydrogen-bond acceptors (Lipinski definition) is 18. The first kappa shape index (κ1) is 66.0. The molecule has 4 aliphatic carbocycles. The predicted octanol–water partition coefficient (Wildman–Crippen LogP) is 4.13. The molecule has 464 valence electrons. The molecule has 0 aromatic rings. The second kappa shape index (κ2) is 24.3. The number of ether oxygens (including phenoxy) is 6. The lowest BCUT2D eigenvalue weighted by atomic mass is 9.44. The number of carbonyl (C=O) groups is 3. The van der Waals surface area contributed by atoms with E-state index in [2.05, 4.69) is 10.2 Å². The zero-order valence-corrected chi connectivity index (χ0v) is 51.3. The molecule has 3 saturated carbocycles. The number of cyclic esters (lactones) is 1. The van der Waals surface area contributed by atoms with E-state index in [0.717, 1.165) is 6.42 Å². The lowest BCUT2D eigenvalue weighted by Crippen LogP contribution is -2.70. The van der Waals surface area contributed by atoms with Crippen LogP contribution in [0.15, 0.2) is 23.8 Å². The molecule has 0 aromatic heterocycles. The predicted molar refractivity (Wildman–Crippen MR) is 299 cm³/mol. The van der Waals surface area contributed by atoms with Gasteiger partial charge in [0.25, 0.3) is 5.91 Å². The number of rotatable bonds is 12. The molecule has 26 atom stereocenters. The van der Waals surface area contributed by atoms with Crippen molar-refractivity contribution in [3.8, 4) is 0 Å². The number of β-amino-alcohol motifs (C(OH)–C–C–N with tert-alkyl or cyclic N) is 1. The number of nitrogens with one attached hydrogen (secondary N) is 1. The highest BCUT2D eigenvalue weighted by Crippen LogP contribution is 2.70. The normalized spacial score (nSPS) is 50.3. The Morgan fingerprint density at radius 2 is 1.54 bits per heavy atom. The molecule has 0 aromatic carbocycles. The van der Waals surface area contributed by atoms with Gasteiger partial charge in [-0.25, -0.2) is 4.39 Å². The van der Waals surface area contributed by atoms with E-state index in [4.69, 9.17) is 28.4 Å². The molecule has 7 aliphatic rings. The van der Waals surface area contributed by atoms with Gasteiger partial charge in [-0.3, -0.25) is 19.3 Å². The summed E-state index contributed by atoms with van der Waals surface area (Å²) in [6.07, 6.45) is -5.85. The van der Waals surface area contributed by atoms with Gasteiger partial charge in [0.2, 0.25) is 0 Å². The van der Waals surface area contributed by atoms with E-state index in [1.54, 1.807) is 80.2 Å². The molecule has 0 spiro atoms. The number of fused-ring (bicyclic) bond motifs is 5. The molecule has 20 heteroatoms. The van der Waals surface area contributed by atoms with Crippen molar-refractivity contribution in [3.63, 3.8) is 0 Å². The number of hydrogen-bond donors (Lipinski definition) is 8. The fraction of sp³-hybridized carbons (Fsp3) is 0.885. The SMILES string of the molecule is CC[C@H]1OC(=O)[C@H](C)[C@@H](O[C@@H]2C[C@](C)(OC)[C@H](O)[C@@H](C)O2)[C@H](C)[C@@H](O[C@@H]2O[C@H](C)C[C@@H](N(C)C)[C@H]2C)[C@H](O)C[C@@](C)(O)CN(CCCNC(=O)[C@@]2(O)[C@H](C)CC3C4CCC5=CC(=O)C=C[C@]5(C)[C@@]4(F)[C@@H](O)C[C@@]32C)[C@H](C)[C@@H](O)[C@]1(C)O. The largest absolute Gasteiger partial charge is 0.459 e. The number of allylic oxidation sites excluding steroid dienone is 4. The van der Waals surface area contributed by atoms with Crippen molar-refractivity contribution >= 4 is 17.7 Å². The van der Waals surface area contributed by atoms with Gasteiger partial charge in [-0.2, -0.15) is 0 Å². The van der Waals surface area contributed by atoms with Gasteiger partial charge in [0.1, 0.15) is 23.9 Å². The van der Waals surface area contributed by atoms with Crippen LogP contribution in [0.2, 0.25) is 0 Å². The van der Waals surface area contributed by atoms with E-state index in [1.165, 1.54) is 26.2 Å². The van der Waals surface area contributed by atoms with Crippen LogP contribution in [-0.4, -0.2) is 212 Å². The molecular formula is C61H102FN3O16. The standard InChI is InChI=1S/C61H102FN3O16/c1-17-46-59(13,74)50(69)37(7)65(24-18-23-63-54(72)61(75)32(2)25-42-41-20-19-39-27-40(66)21-22-56(39,10)60(41,62)45(68)29-57(42,61)11)31-55(9,73)28-44(67)49(81-53-34(4)43(64(14)15)26-33(3)77-53)35(5)48(36(6)52(71)79-46)80-47-30-58(12,76-16)51(70)38(8)78-47/h21-22,27,32-38,41-51,53,67-70,73-75H,17-20,23-26,28-31H2,1-16H3,(H,63,72)/t32-,33-,34-,35+,36-,37-,38-,41?,42?,43-,44-,45+,46-,47-,48+,49-,50-,51-,53+,55-,56+,57+,58+,59-,60+,61+/m1/s1. The molecule has 3 saturated heterocycles. The Balaban J connectivity index is 1.16. The second-order valence-corrected chi connectivity index (χ2v) is 27.5. The van der Waals surface area contributed by atoms with Gasteiger partial charge in [0.15, 0.2) is 29.6 Å². The number of halogens is 1. The Kier molecular flexibility index (Phi) is 19.8. The average Bonchev–Trinajstić information content (AvgIpc) is 3.90. The van der Waals surface area contributed by atoms with Crippen LogP contribution < -0.4 is 5.32 Å². The van der Waals surface area contributed by atoms with Crippen LogP contribution in [0.3, 0.4) is 0 Å². The Labute approximate surface area is 480 Å². The summed E-state index contributed by atoms with van der Waals surface area (Å²) < 4.78 is 56.4. The quantitative estimate of drug-likeness (QED) is 0.101. The number of aliphatic hydroxyl groups is 7. The highest BCUT2D eigenvalue weighted by molar-refractivity contribution is 6.01. The second-order valence-electron chi connectivity index (χ2n) is 27.5. The van der Waals surface area contributed by atoms with Crippen LogP contribution in [0.25, 0.3) is 0 Å². The van der Waals surface area contributed by atoms with Crippen molar-refractivity contribution in [1.29, 1.82) is 0 Å². The molecular weight excluding hydrogens is 1050 g/mol. The van der Waals surface area contributed by atoms with Gasteiger partial charge in [-0.05, 0) is 138 Å². The molecule has 1 amide bonds. The molecule has 2 unspecified atom stereocenters. The van der Waals surface area contributed by atoms with Crippen molar-refractivity contribution in [2.24, 2.45) is 46.3 Å². The first-order valence-corrected chi connectivity index (χ1v) is 30.1. The van der Waals surface area contributed by atoms with E-state index in [9.17, 15) is 50.1 Å². The number of alkyl halides is 1. The van der Waals surface area contributed by atoms with E-state index >= 15 is 4.39 Å². The minimum atomic E-state index is -2.14. The van der Waals surface area contributed by atoms with Crippen molar-refractivity contribution < 1.29 is 82.9 Å². The first-order chi connectivity index (χ1) is 37.5. The third-order valence-corrected chi connectivity index (χ3v) is 21.6. The lowest BCUT2D eigenvalue weighted by molar-refractivity contribution is -0.308. The van der Waals surface area contributed by atoms with Gasteiger partial charge in [-0.15, -0.1) is 0 Å². The minimum Gasteiger partial charge on any atom is -0.459 e. The molecule has 3 aliphatic heterocycles. The summed E-state index contributed by atoms with van der Waals surface area (Å²) in [6, 6.07) is -0.906. The fourth-order valence-electron chi connectivity index (χ4n) is 16.4. The molecule has 0 radical (unpaired) electrons. The highest BCUT2D eigenvalue weighted by Gasteiger charge is 2.76. The van der Waals surface area contributed by atoms with Crippen molar-refractivity contribution in [1.82, 2.24) is 15.1 Å². The number of ketones is 1. The fourth-order valence-corrected chi connectivity index (χ4v) is 16.4. The molecule has 6 fully saturated rings. The summed E-state index contributed by atoms with van der Waals surface area (Å²) in [5.41, 5.74) is -10.8. The summed E-state index contributed by atoms with van der Waals surface area (Å²) in [5, 5.41) is 88.7. The molecule has 3 heterocycles. The lowest BCUT2D eigenvalue weighted by Gasteiger charge is -2.62.